The molecule has 0 spiro atoms. The molecule has 0 fully saturated rings. The molecule has 0 amide bonds. The van der Waals surface area contributed by atoms with E-state index < -0.39 is 5.76 Å². The van der Waals surface area contributed by atoms with Gasteiger partial charge in [0.25, 0.3) is 0 Å². The molecular weight excluding hydrogens is 380 g/mol. The summed E-state index contributed by atoms with van der Waals surface area (Å²) in [6.45, 7) is 0. The zero-order valence-electron chi connectivity index (χ0n) is 14.8. The van der Waals surface area contributed by atoms with Crippen LogP contribution >= 0.6 is 11.6 Å². The summed E-state index contributed by atoms with van der Waals surface area (Å²) in [5.74, 6) is 0.542. The van der Waals surface area contributed by atoms with E-state index >= 15 is 0 Å². The van der Waals surface area contributed by atoms with Crippen LogP contribution in [0.1, 0.15) is 0 Å². The fraction of sp³-hybridized carbons (Fsp3) is 0.0476. The zero-order valence-corrected chi connectivity index (χ0v) is 15.6. The van der Waals surface area contributed by atoms with Crippen molar-refractivity contribution in [1.82, 2.24) is 9.78 Å². The Kier molecular flexibility index (Phi) is 4.87. The van der Waals surface area contributed by atoms with E-state index in [0.717, 1.165) is 21.6 Å². The minimum absolute atomic E-state index is 0.157. The Labute approximate surface area is 165 Å². The van der Waals surface area contributed by atoms with Gasteiger partial charge in [-0.15, -0.1) is 0 Å². The molecule has 7 heteroatoms. The number of benzene rings is 3. The van der Waals surface area contributed by atoms with Gasteiger partial charge in [-0.3, -0.25) is 0 Å². The Morgan fingerprint density at radius 2 is 1.79 bits per heavy atom. The number of para-hydroxylation sites is 1. The number of ether oxygens (including phenoxy) is 2. The third-order valence-corrected chi connectivity index (χ3v) is 4.31. The molecule has 0 bridgehead atoms. The maximum atomic E-state index is 12.3. The summed E-state index contributed by atoms with van der Waals surface area (Å²) < 4.78 is 17.2. The lowest BCUT2D eigenvalue weighted by Gasteiger charge is -2.09. The Morgan fingerprint density at radius 3 is 2.57 bits per heavy atom. The average Bonchev–Trinajstić information content (AvgIpc) is 3.10. The molecule has 4 aromatic rings. The lowest BCUT2D eigenvalue weighted by Crippen LogP contribution is -2.13. The van der Waals surface area contributed by atoms with Crippen LogP contribution in [-0.2, 0) is 0 Å². The number of hydrogen-bond acceptors (Lipinski definition) is 5. The Morgan fingerprint density at radius 1 is 1.00 bits per heavy atom. The molecule has 0 saturated heterocycles. The highest BCUT2D eigenvalue weighted by atomic mass is 35.5. The summed E-state index contributed by atoms with van der Waals surface area (Å²) in [6, 6.07) is 21.6. The Bertz CT molecular complexity index is 1170. The summed E-state index contributed by atoms with van der Waals surface area (Å²) in [5, 5.41) is 4.70. The van der Waals surface area contributed by atoms with Crippen molar-refractivity contribution in [2.75, 3.05) is 7.11 Å². The van der Waals surface area contributed by atoms with E-state index in [0.29, 0.717) is 16.5 Å². The van der Waals surface area contributed by atoms with Gasteiger partial charge in [-0.2, -0.15) is 4.68 Å². The van der Waals surface area contributed by atoms with Crippen molar-refractivity contribution >= 4 is 11.6 Å². The van der Waals surface area contributed by atoms with Crippen LogP contribution in [0.4, 0.5) is 0 Å². The lowest BCUT2D eigenvalue weighted by molar-refractivity contribution is 0.320. The number of aromatic nitrogens is 2. The molecule has 0 saturated carbocycles. The van der Waals surface area contributed by atoms with E-state index in [2.05, 4.69) is 5.10 Å². The summed E-state index contributed by atoms with van der Waals surface area (Å²) in [7, 11) is 1.62. The molecule has 0 unspecified atom stereocenters. The topological polar surface area (TPSA) is 66.5 Å². The van der Waals surface area contributed by atoms with Crippen LogP contribution in [0.2, 0.25) is 5.02 Å². The molecular formula is C21H15ClN2O4. The maximum Gasteiger partial charge on any atom is 0.444 e. The van der Waals surface area contributed by atoms with E-state index in [1.54, 1.807) is 37.4 Å². The monoisotopic (exact) mass is 394 g/mol. The van der Waals surface area contributed by atoms with E-state index in [-0.39, 0.29) is 6.08 Å². The number of halogens is 1. The smallest absolute Gasteiger partial charge is 0.444 e. The van der Waals surface area contributed by atoms with Crippen molar-refractivity contribution in [3.05, 3.63) is 88.4 Å². The predicted molar refractivity (Wildman–Crippen MR) is 106 cm³/mol. The van der Waals surface area contributed by atoms with Gasteiger partial charge in [0, 0.05) is 10.6 Å². The van der Waals surface area contributed by atoms with Gasteiger partial charge < -0.3 is 13.9 Å². The molecule has 0 radical (unpaired) electrons. The highest BCUT2D eigenvalue weighted by Gasteiger charge is 2.13. The van der Waals surface area contributed by atoms with Crippen LogP contribution in [0.5, 0.6) is 17.6 Å². The lowest BCUT2D eigenvalue weighted by atomic mass is 10.0. The first-order valence-corrected chi connectivity index (χ1v) is 8.79. The van der Waals surface area contributed by atoms with Gasteiger partial charge in [0.2, 0.25) is 0 Å². The number of methoxy groups -OCH3 is 1. The first-order chi connectivity index (χ1) is 13.6. The van der Waals surface area contributed by atoms with Gasteiger partial charge >= 0.3 is 11.8 Å². The quantitative estimate of drug-likeness (QED) is 0.479. The van der Waals surface area contributed by atoms with Crippen molar-refractivity contribution in [1.29, 1.82) is 0 Å². The maximum absolute atomic E-state index is 12.3. The molecule has 0 aliphatic carbocycles. The van der Waals surface area contributed by atoms with Crippen LogP contribution in [0.25, 0.3) is 16.8 Å². The van der Waals surface area contributed by atoms with Crippen LogP contribution in [0.3, 0.4) is 0 Å². The molecule has 0 aliphatic rings. The Balaban J connectivity index is 1.67. The van der Waals surface area contributed by atoms with Gasteiger partial charge in [0.15, 0.2) is 0 Å². The van der Waals surface area contributed by atoms with Crippen molar-refractivity contribution in [2.24, 2.45) is 0 Å². The second-order valence-electron chi connectivity index (χ2n) is 5.85. The van der Waals surface area contributed by atoms with Gasteiger partial charge in [-0.05, 0) is 48.0 Å². The van der Waals surface area contributed by atoms with Crippen molar-refractivity contribution < 1.29 is 13.9 Å². The van der Waals surface area contributed by atoms with E-state index in [4.69, 9.17) is 25.5 Å². The molecule has 0 atom stereocenters. The number of nitrogens with zero attached hydrogens (tertiary/aromatic N) is 2. The van der Waals surface area contributed by atoms with Gasteiger partial charge in [0.1, 0.15) is 11.5 Å². The number of rotatable bonds is 5. The molecule has 1 heterocycles. The van der Waals surface area contributed by atoms with Crippen LogP contribution < -0.4 is 15.2 Å². The second kappa shape index (κ2) is 7.62. The fourth-order valence-corrected chi connectivity index (χ4v) is 2.88. The SMILES string of the molecule is COc1ccccc1-c1cccc(-n2nc(Oc3ccc(Cl)cc3)oc2=O)c1. The second-order valence-corrected chi connectivity index (χ2v) is 6.29. The first kappa shape index (κ1) is 17.9. The van der Waals surface area contributed by atoms with Gasteiger partial charge in [-0.25, -0.2) is 4.79 Å². The van der Waals surface area contributed by atoms with Crippen molar-refractivity contribution in [3.8, 4) is 34.4 Å². The zero-order chi connectivity index (χ0) is 19.5. The van der Waals surface area contributed by atoms with Crippen LogP contribution in [0.15, 0.2) is 82.0 Å². The van der Waals surface area contributed by atoms with Gasteiger partial charge in [-0.1, -0.05) is 47.0 Å². The van der Waals surface area contributed by atoms with Crippen LogP contribution in [-0.4, -0.2) is 16.9 Å². The molecule has 0 aliphatic heterocycles. The molecule has 28 heavy (non-hydrogen) atoms. The highest BCUT2D eigenvalue weighted by molar-refractivity contribution is 6.30. The Hall–Kier alpha value is -3.51. The molecule has 1 aromatic heterocycles. The third kappa shape index (κ3) is 3.63. The minimum Gasteiger partial charge on any atom is -0.496 e. The first-order valence-electron chi connectivity index (χ1n) is 8.41. The summed E-state index contributed by atoms with van der Waals surface area (Å²) in [5.41, 5.74) is 2.33. The number of hydrogen-bond donors (Lipinski definition) is 0. The van der Waals surface area contributed by atoms with Gasteiger partial charge in [0.05, 0.1) is 12.8 Å². The fourth-order valence-electron chi connectivity index (χ4n) is 2.76. The average molecular weight is 395 g/mol. The van der Waals surface area contributed by atoms with E-state index in [9.17, 15) is 4.79 Å². The minimum atomic E-state index is -0.652. The molecule has 140 valence electrons. The van der Waals surface area contributed by atoms with E-state index in [1.807, 2.05) is 42.5 Å². The summed E-state index contributed by atoms with van der Waals surface area (Å²) >= 11 is 5.85. The molecule has 0 N–H and O–H groups in total. The molecule has 3 aromatic carbocycles. The van der Waals surface area contributed by atoms with Crippen LogP contribution in [0, 0.1) is 0 Å². The molecule has 4 rings (SSSR count). The normalized spacial score (nSPS) is 10.6. The van der Waals surface area contributed by atoms with Crippen molar-refractivity contribution in [2.45, 2.75) is 0 Å². The van der Waals surface area contributed by atoms with E-state index in [1.165, 1.54) is 0 Å². The predicted octanol–water partition coefficient (Wildman–Crippen LogP) is 4.95. The molecule has 6 nitrogen and oxygen atoms in total. The largest absolute Gasteiger partial charge is 0.496 e. The summed E-state index contributed by atoms with van der Waals surface area (Å²) in [6.07, 6.45) is -0.157. The third-order valence-electron chi connectivity index (χ3n) is 4.06. The highest BCUT2D eigenvalue weighted by Crippen LogP contribution is 2.30. The van der Waals surface area contributed by atoms with Crippen molar-refractivity contribution in [3.63, 3.8) is 0 Å². The standard InChI is InChI=1S/C21H15ClN2O4/c1-26-19-8-3-2-7-18(19)14-5-4-6-16(13-14)24-21(25)28-20(23-24)27-17-11-9-15(22)10-12-17/h2-13H,1H3. The summed E-state index contributed by atoms with van der Waals surface area (Å²) in [4.78, 5) is 12.3.